The first kappa shape index (κ1) is 14.7. The van der Waals surface area contributed by atoms with E-state index in [1.807, 2.05) is 6.07 Å². The summed E-state index contributed by atoms with van der Waals surface area (Å²) in [6.07, 6.45) is 0.810. The molecule has 2 aromatic rings. The van der Waals surface area contributed by atoms with Crippen LogP contribution < -0.4 is 10.1 Å². The summed E-state index contributed by atoms with van der Waals surface area (Å²) < 4.78 is 18.0. The maximum absolute atomic E-state index is 13.3. The number of carboxylic acid groups (broad SMARTS) is 1. The molecule has 7 heteroatoms. The molecule has 0 aliphatic carbocycles. The summed E-state index contributed by atoms with van der Waals surface area (Å²) in [6.45, 7) is 0. The summed E-state index contributed by atoms with van der Waals surface area (Å²) >= 11 is 0. The topological polar surface area (TPSA) is 84.3 Å². The van der Waals surface area contributed by atoms with E-state index in [1.165, 1.54) is 7.11 Å². The van der Waals surface area contributed by atoms with Crippen molar-refractivity contribution in [1.29, 1.82) is 0 Å². The van der Waals surface area contributed by atoms with Crippen LogP contribution in [0.15, 0.2) is 36.5 Å². The van der Waals surface area contributed by atoms with Crippen LogP contribution in [-0.2, 0) is 4.79 Å². The van der Waals surface area contributed by atoms with Crippen molar-refractivity contribution in [2.75, 3.05) is 12.4 Å². The summed E-state index contributed by atoms with van der Waals surface area (Å²) in [5, 5.41) is 11.9. The van der Waals surface area contributed by atoms with Crippen molar-refractivity contribution in [1.82, 2.24) is 9.97 Å². The maximum atomic E-state index is 13.3. The number of nitrogens with zero attached hydrogens (tertiary/aromatic N) is 2. The predicted molar refractivity (Wildman–Crippen MR) is 73.6 cm³/mol. The van der Waals surface area contributed by atoms with E-state index in [9.17, 15) is 9.18 Å². The maximum Gasteiger partial charge on any atom is 0.305 e. The van der Waals surface area contributed by atoms with Crippen molar-refractivity contribution in [3.05, 3.63) is 47.9 Å². The van der Waals surface area contributed by atoms with Crippen LogP contribution in [0.3, 0.4) is 0 Å². The van der Waals surface area contributed by atoms with Gasteiger partial charge in [-0.15, -0.1) is 0 Å². The first-order valence-corrected chi connectivity index (χ1v) is 6.20. The molecule has 1 unspecified atom stereocenters. The van der Waals surface area contributed by atoms with Crippen molar-refractivity contribution < 1.29 is 19.0 Å². The molecular formula is C14H14FN3O3. The number of aromatic nitrogens is 2. The number of hydrogen-bond acceptors (Lipinski definition) is 5. The first-order chi connectivity index (χ1) is 10.1. The molecule has 0 aliphatic heterocycles. The Balaban J connectivity index is 2.25. The van der Waals surface area contributed by atoms with Gasteiger partial charge in [-0.05, 0) is 5.56 Å². The lowest BCUT2D eigenvalue weighted by Crippen LogP contribution is -2.17. The largest absolute Gasteiger partial charge is 0.481 e. The summed E-state index contributed by atoms with van der Waals surface area (Å²) in [6, 6.07) is 8.50. The predicted octanol–water partition coefficient (Wildman–Crippen LogP) is 2.25. The van der Waals surface area contributed by atoms with Gasteiger partial charge in [0, 0.05) is 0 Å². The van der Waals surface area contributed by atoms with E-state index in [-0.39, 0.29) is 18.2 Å². The van der Waals surface area contributed by atoms with Crippen LogP contribution in [-0.4, -0.2) is 28.2 Å². The standard InChI is InChI=1S/C14H14FN3O3/c1-21-13-10(15)8-16-14(18-13)17-11(7-12(19)20)9-5-3-2-4-6-9/h2-6,8,11H,7H2,1H3,(H,19,20)(H,16,17,18). The number of halogens is 1. The Kier molecular flexibility index (Phi) is 4.65. The Morgan fingerprint density at radius 3 is 2.76 bits per heavy atom. The van der Waals surface area contributed by atoms with Crippen LogP contribution in [0.1, 0.15) is 18.0 Å². The molecule has 0 aliphatic rings. The van der Waals surface area contributed by atoms with Gasteiger partial charge in [0.2, 0.25) is 11.8 Å². The van der Waals surface area contributed by atoms with Crippen LogP contribution >= 0.6 is 0 Å². The number of nitrogens with one attached hydrogen (secondary N) is 1. The highest BCUT2D eigenvalue weighted by Crippen LogP contribution is 2.22. The molecule has 1 heterocycles. The minimum atomic E-state index is -0.967. The fourth-order valence-corrected chi connectivity index (χ4v) is 1.83. The van der Waals surface area contributed by atoms with Crippen LogP contribution in [0.5, 0.6) is 5.88 Å². The number of carboxylic acids is 1. The van der Waals surface area contributed by atoms with E-state index in [1.54, 1.807) is 24.3 Å². The van der Waals surface area contributed by atoms with Gasteiger partial charge in [0.1, 0.15) is 0 Å². The van der Waals surface area contributed by atoms with E-state index < -0.39 is 17.8 Å². The fourth-order valence-electron chi connectivity index (χ4n) is 1.83. The Bertz CT molecular complexity index is 622. The molecule has 0 fully saturated rings. The number of carbonyl (C=O) groups is 1. The van der Waals surface area contributed by atoms with E-state index in [4.69, 9.17) is 9.84 Å². The average molecular weight is 291 g/mol. The molecule has 1 aromatic heterocycles. The van der Waals surface area contributed by atoms with E-state index >= 15 is 0 Å². The number of ether oxygens (including phenoxy) is 1. The third-order valence-corrected chi connectivity index (χ3v) is 2.79. The van der Waals surface area contributed by atoms with Crippen molar-refractivity contribution in [3.8, 4) is 5.88 Å². The highest BCUT2D eigenvalue weighted by atomic mass is 19.1. The monoisotopic (exact) mass is 291 g/mol. The number of anilines is 1. The number of aliphatic carboxylic acids is 1. The van der Waals surface area contributed by atoms with Gasteiger partial charge in [-0.25, -0.2) is 4.98 Å². The molecule has 2 rings (SSSR count). The van der Waals surface area contributed by atoms with Gasteiger partial charge in [0.15, 0.2) is 0 Å². The Labute approximate surface area is 120 Å². The van der Waals surface area contributed by atoms with Crippen molar-refractivity contribution in [3.63, 3.8) is 0 Å². The second-order valence-electron chi connectivity index (χ2n) is 4.26. The molecule has 21 heavy (non-hydrogen) atoms. The summed E-state index contributed by atoms with van der Waals surface area (Å²) in [4.78, 5) is 18.6. The Hall–Kier alpha value is -2.70. The van der Waals surface area contributed by atoms with Gasteiger partial charge >= 0.3 is 5.97 Å². The van der Waals surface area contributed by atoms with Crippen LogP contribution in [0.4, 0.5) is 10.3 Å². The van der Waals surface area contributed by atoms with E-state index in [0.29, 0.717) is 0 Å². The molecule has 110 valence electrons. The SMILES string of the molecule is COc1nc(NC(CC(=O)O)c2ccccc2)ncc1F. The number of methoxy groups -OCH3 is 1. The van der Waals surface area contributed by atoms with Gasteiger partial charge in [0.25, 0.3) is 5.88 Å². The Morgan fingerprint density at radius 1 is 1.43 bits per heavy atom. The van der Waals surface area contributed by atoms with E-state index in [0.717, 1.165) is 11.8 Å². The molecule has 0 bridgehead atoms. The molecule has 0 amide bonds. The highest BCUT2D eigenvalue weighted by Gasteiger charge is 2.17. The van der Waals surface area contributed by atoms with Gasteiger partial charge in [-0.2, -0.15) is 9.37 Å². The quantitative estimate of drug-likeness (QED) is 0.849. The lowest BCUT2D eigenvalue weighted by Gasteiger charge is -2.17. The molecule has 0 saturated heterocycles. The first-order valence-electron chi connectivity index (χ1n) is 6.20. The zero-order valence-corrected chi connectivity index (χ0v) is 11.3. The number of hydrogen-bond donors (Lipinski definition) is 2. The lowest BCUT2D eigenvalue weighted by molar-refractivity contribution is -0.137. The molecule has 0 spiro atoms. The van der Waals surface area contributed by atoms with Crippen molar-refractivity contribution in [2.45, 2.75) is 12.5 Å². The highest BCUT2D eigenvalue weighted by molar-refractivity contribution is 5.68. The summed E-state index contributed by atoms with van der Waals surface area (Å²) in [7, 11) is 1.29. The normalized spacial score (nSPS) is 11.7. The number of rotatable bonds is 6. The molecule has 0 saturated carbocycles. The van der Waals surface area contributed by atoms with Crippen LogP contribution in [0.25, 0.3) is 0 Å². The minimum Gasteiger partial charge on any atom is -0.481 e. The molecular weight excluding hydrogens is 277 g/mol. The summed E-state index contributed by atoms with van der Waals surface area (Å²) in [5.74, 6) is -1.75. The van der Waals surface area contributed by atoms with Gasteiger partial charge in [-0.1, -0.05) is 30.3 Å². The smallest absolute Gasteiger partial charge is 0.305 e. The molecule has 1 atom stereocenters. The molecule has 2 N–H and O–H groups in total. The van der Waals surface area contributed by atoms with Crippen molar-refractivity contribution >= 4 is 11.9 Å². The minimum absolute atomic E-state index is 0.100. The van der Waals surface area contributed by atoms with Crippen LogP contribution in [0.2, 0.25) is 0 Å². The van der Waals surface area contributed by atoms with E-state index in [2.05, 4.69) is 15.3 Å². The fraction of sp³-hybridized carbons (Fsp3) is 0.214. The lowest BCUT2D eigenvalue weighted by atomic mass is 10.0. The zero-order chi connectivity index (χ0) is 15.2. The molecule has 0 radical (unpaired) electrons. The third-order valence-electron chi connectivity index (χ3n) is 2.79. The number of benzene rings is 1. The second-order valence-corrected chi connectivity index (χ2v) is 4.26. The average Bonchev–Trinajstić information content (AvgIpc) is 2.49. The van der Waals surface area contributed by atoms with Crippen LogP contribution in [0, 0.1) is 5.82 Å². The van der Waals surface area contributed by atoms with Gasteiger partial charge in [0.05, 0.1) is 25.8 Å². The zero-order valence-electron chi connectivity index (χ0n) is 11.3. The van der Waals surface area contributed by atoms with Gasteiger partial charge in [-0.3, -0.25) is 4.79 Å². The van der Waals surface area contributed by atoms with Gasteiger partial charge < -0.3 is 15.2 Å². The third kappa shape index (κ3) is 3.88. The molecule has 1 aromatic carbocycles. The van der Waals surface area contributed by atoms with Crippen molar-refractivity contribution in [2.24, 2.45) is 0 Å². The Morgan fingerprint density at radius 2 is 2.14 bits per heavy atom. The second kappa shape index (κ2) is 6.65. The summed E-state index contributed by atoms with van der Waals surface area (Å²) in [5.41, 5.74) is 0.770. The molecule has 6 nitrogen and oxygen atoms in total.